The van der Waals surface area contributed by atoms with Crippen LogP contribution in [0.3, 0.4) is 0 Å². The van der Waals surface area contributed by atoms with E-state index in [-0.39, 0.29) is 5.91 Å². The summed E-state index contributed by atoms with van der Waals surface area (Å²) in [6, 6.07) is 12.1. The normalized spacial score (nSPS) is 14.7. The second-order valence-corrected chi connectivity index (χ2v) is 8.70. The van der Waals surface area contributed by atoms with Gasteiger partial charge in [0.05, 0.1) is 37.0 Å². The quantitative estimate of drug-likeness (QED) is 0.208. The Labute approximate surface area is 197 Å². The largest absolute Gasteiger partial charge is 0.493 e. The number of carbonyl (C=O) groups excluding carboxylic acids is 2. The maximum atomic E-state index is 13.0. The number of methoxy groups -OCH3 is 2. The molecule has 2 aromatic carbocycles. The van der Waals surface area contributed by atoms with Crippen LogP contribution in [0, 0.1) is 0 Å². The van der Waals surface area contributed by atoms with Gasteiger partial charge in [0.25, 0.3) is 5.91 Å². The van der Waals surface area contributed by atoms with Gasteiger partial charge in [-0.2, -0.15) is 0 Å². The number of nitrogens with zero attached hydrogens (tertiary/aromatic N) is 1. The van der Waals surface area contributed by atoms with Crippen LogP contribution in [0.4, 0.5) is 5.69 Å². The molecule has 1 fully saturated rings. The second kappa shape index (κ2) is 11.2. The van der Waals surface area contributed by atoms with Gasteiger partial charge >= 0.3 is 5.97 Å². The van der Waals surface area contributed by atoms with E-state index >= 15 is 0 Å². The fourth-order valence-electron chi connectivity index (χ4n) is 3.13. The number of anilines is 1. The Bertz CT molecular complexity index is 1030. The van der Waals surface area contributed by atoms with Crippen LogP contribution in [0.1, 0.15) is 42.1 Å². The summed E-state index contributed by atoms with van der Waals surface area (Å²) < 4.78 is 16.4. The summed E-state index contributed by atoms with van der Waals surface area (Å²) in [6.45, 7) is 2.78. The smallest absolute Gasteiger partial charge is 0.337 e. The lowest BCUT2D eigenvalue weighted by atomic mass is 10.1. The lowest BCUT2D eigenvalue weighted by Gasteiger charge is -2.14. The van der Waals surface area contributed by atoms with Crippen molar-refractivity contribution in [3.05, 3.63) is 58.5 Å². The third kappa shape index (κ3) is 5.49. The Balaban J connectivity index is 1.77. The first-order chi connectivity index (χ1) is 15.5. The van der Waals surface area contributed by atoms with Crippen molar-refractivity contribution in [1.29, 1.82) is 0 Å². The molecule has 2 aromatic rings. The number of benzene rings is 2. The molecule has 0 aliphatic carbocycles. The summed E-state index contributed by atoms with van der Waals surface area (Å²) >= 11 is 6.66. The molecule has 0 bridgehead atoms. The van der Waals surface area contributed by atoms with Gasteiger partial charge in [-0.15, -0.1) is 0 Å². The predicted octanol–water partition coefficient (Wildman–Crippen LogP) is 5.46. The summed E-state index contributed by atoms with van der Waals surface area (Å²) in [5.74, 6) is 0.640. The van der Waals surface area contributed by atoms with Crippen molar-refractivity contribution in [2.24, 2.45) is 0 Å². The number of ether oxygens (including phenoxy) is 3. The monoisotopic (exact) mass is 471 g/mol. The highest BCUT2D eigenvalue weighted by molar-refractivity contribution is 8.27. The van der Waals surface area contributed by atoms with Gasteiger partial charge in [-0.25, -0.2) is 4.79 Å². The van der Waals surface area contributed by atoms with Gasteiger partial charge < -0.3 is 14.2 Å². The fraction of sp³-hybridized carbons (Fsp3) is 0.292. The van der Waals surface area contributed by atoms with Gasteiger partial charge in [0, 0.05) is 0 Å². The number of rotatable bonds is 9. The zero-order valence-corrected chi connectivity index (χ0v) is 19.9. The van der Waals surface area contributed by atoms with Crippen LogP contribution in [0.5, 0.6) is 11.5 Å². The van der Waals surface area contributed by atoms with E-state index in [0.717, 1.165) is 24.8 Å². The molecule has 0 saturated carbocycles. The lowest BCUT2D eigenvalue weighted by Crippen LogP contribution is -2.27. The SMILES string of the molecule is CCCCCOc1ccc(/C=C2\SC(=S)N(c3ccc(C(=O)OC)cc3)C2=O)cc1OC. The van der Waals surface area contributed by atoms with Crippen molar-refractivity contribution in [2.75, 3.05) is 25.7 Å². The number of hydrogen-bond acceptors (Lipinski definition) is 7. The minimum atomic E-state index is -0.437. The third-order valence-electron chi connectivity index (χ3n) is 4.83. The Morgan fingerprint density at radius 1 is 1.09 bits per heavy atom. The van der Waals surface area contributed by atoms with E-state index in [1.807, 2.05) is 18.2 Å². The van der Waals surface area contributed by atoms with Gasteiger partial charge in [-0.3, -0.25) is 9.69 Å². The summed E-state index contributed by atoms with van der Waals surface area (Å²) in [6.07, 6.45) is 5.02. The molecule has 0 atom stereocenters. The highest BCUT2D eigenvalue weighted by Crippen LogP contribution is 2.37. The van der Waals surface area contributed by atoms with Crippen LogP contribution in [-0.4, -0.2) is 37.0 Å². The first kappa shape index (κ1) is 23.8. The van der Waals surface area contributed by atoms with E-state index < -0.39 is 5.97 Å². The molecule has 8 heteroatoms. The molecule has 1 heterocycles. The maximum Gasteiger partial charge on any atom is 0.337 e. The van der Waals surface area contributed by atoms with Crippen LogP contribution in [0.25, 0.3) is 6.08 Å². The van der Waals surface area contributed by atoms with Crippen molar-refractivity contribution < 1.29 is 23.8 Å². The van der Waals surface area contributed by atoms with Crippen LogP contribution < -0.4 is 14.4 Å². The molecule has 0 radical (unpaired) electrons. The number of carbonyl (C=O) groups is 2. The van der Waals surface area contributed by atoms with Crippen LogP contribution in [0.2, 0.25) is 0 Å². The number of thiocarbonyl (C=S) groups is 1. The highest BCUT2D eigenvalue weighted by atomic mass is 32.2. The van der Waals surface area contributed by atoms with Crippen molar-refractivity contribution in [2.45, 2.75) is 26.2 Å². The molecule has 0 unspecified atom stereocenters. The first-order valence-corrected chi connectivity index (χ1v) is 11.5. The van der Waals surface area contributed by atoms with Gasteiger partial charge in [0.2, 0.25) is 0 Å². The van der Waals surface area contributed by atoms with Crippen LogP contribution in [0.15, 0.2) is 47.4 Å². The molecule has 168 valence electrons. The van der Waals surface area contributed by atoms with Gasteiger partial charge in [-0.05, 0) is 54.5 Å². The zero-order chi connectivity index (χ0) is 23.1. The molecule has 1 amide bonds. The van der Waals surface area contributed by atoms with Crippen molar-refractivity contribution in [1.82, 2.24) is 0 Å². The first-order valence-electron chi connectivity index (χ1n) is 10.3. The van der Waals surface area contributed by atoms with Gasteiger partial charge in [0.1, 0.15) is 0 Å². The van der Waals surface area contributed by atoms with E-state index in [2.05, 4.69) is 6.92 Å². The Hall–Kier alpha value is -2.84. The minimum absolute atomic E-state index is 0.218. The van der Waals surface area contributed by atoms with Gasteiger partial charge in [-0.1, -0.05) is 49.8 Å². The average molecular weight is 472 g/mol. The lowest BCUT2D eigenvalue weighted by molar-refractivity contribution is -0.113. The van der Waals surface area contributed by atoms with E-state index in [1.54, 1.807) is 37.5 Å². The molecule has 6 nitrogen and oxygen atoms in total. The number of thioether (sulfide) groups is 1. The second-order valence-electron chi connectivity index (χ2n) is 7.02. The number of hydrogen-bond donors (Lipinski definition) is 0. The van der Waals surface area contributed by atoms with E-state index in [1.165, 1.54) is 23.8 Å². The van der Waals surface area contributed by atoms with Gasteiger partial charge in [0.15, 0.2) is 15.8 Å². The highest BCUT2D eigenvalue weighted by Gasteiger charge is 2.33. The zero-order valence-electron chi connectivity index (χ0n) is 18.3. The summed E-state index contributed by atoms with van der Waals surface area (Å²) in [4.78, 5) is 26.6. The molecule has 1 aliphatic heterocycles. The van der Waals surface area contributed by atoms with Crippen molar-refractivity contribution >= 4 is 51.9 Å². The minimum Gasteiger partial charge on any atom is -0.493 e. The summed E-state index contributed by atoms with van der Waals surface area (Å²) in [5.41, 5.74) is 1.81. The molecular weight excluding hydrogens is 446 g/mol. The standard InChI is InChI=1S/C24H25NO5S2/c1-4-5-6-13-30-19-12-7-16(14-20(19)28-2)15-21-22(26)25(24(31)32-21)18-10-8-17(9-11-18)23(27)29-3/h7-12,14-15H,4-6,13H2,1-3H3/b21-15-. The number of esters is 1. The number of unbranched alkanes of at least 4 members (excludes halogenated alkanes) is 2. The van der Waals surface area contributed by atoms with E-state index in [0.29, 0.717) is 38.6 Å². The third-order valence-corrected chi connectivity index (χ3v) is 6.13. The van der Waals surface area contributed by atoms with Crippen LogP contribution >= 0.6 is 24.0 Å². The van der Waals surface area contributed by atoms with Crippen LogP contribution in [-0.2, 0) is 9.53 Å². The molecule has 32 heavy (non-hydrogen) atoms. The average Bonchev–Trinajstić information content (AvgIpc) is 3.09. The van der Waals surface area contributed by atoms with Crippen molar-refractivity contribution in [3.8, 4) is 11.5 Å². The predicted molar refractivity (Wildman–Crippen MR) is 131 cm³/mol. The topological polar surface area (TPSA) is 65.1 Å². The molecule has 3 rings (SSSR count). The Morgan fingerprint density at radius 3 is 2.50 bits per heavy atom. The number of amides is 1. The summed E-state index contributed by atoms with van der Waals surface area (Å²) in [5, 5.41) is 0. The molecule has 1 saturated heterocycles. The molecular formula is C24H25NO5S2. The molecule has 1 aliphatic rings. The van der Waals surface area contributed by atoms with E-state index in [9.17, 15) is 9.59 Å². The summed E-state index contributed by atoms with van der Waals surface area (Å²) in [7, 11) is 2.92. The van der Waals surface area contributed by atoms with Crippen molar-refractivity contribution in [3.63, 3.8) is 0 Å². The van der Waals surface area contributed by atoms with E-state index in [4.69, 9.17) is 26.4 Å². The fourth-order valence-corrected chi connectivity index (χ4v) is 4.43. The molecule has 0 N–H and O–H groups in total. The Morgan fingerprint density at radius 2 is 1.84 bits per heavy atom. The molecule has 0 spiro atoms. The molecule has 0 aromatic heterocycles. The Kier molecular flexibility index (Phi) is 8.30. The maximum absolute atomic E-state index is 13.0.